The maximum atomic E-state index is 13.6. The summed E-state index contributed by atoms with van der Waals surface area (Å²) in [5.74, 6) is -0.00777. The van der Waals surface area contributed by atoms with Gasteiger partial charge in [-0.1, -0.05) is 48.0 Å². The summed E-state index contributed by atoms with van der Waals surface area (Å²) >= 11 is 6.14. The smallest absolute Gasteiger partial charge is 0.282 e. The molecule has 5 rings (SSSR count). The van der Waals surface area contributed by atoms with Gasteiger partial charge in [-0.2, -0.15) is 0 Å². The Kier molecular flexibility index (Phi) is 5.33. The molecule has 32 heavy (non-hydrogen) atoms. The van der Waals surface area contributed by atoms with Gasteiger partial charge < -0.3 is 9.80 Å². The Morgan fingerprint density at radius 1 is 0.750 bits per heavy atom. The summed E-state index contributed by atoms with van der Waals surface area (Å²) < 4.78 is 0. The van der Waals surface area contributed by atoms with E-state index in [1.807, 2.05) is 35.2 Å². The maximum absolute atomic E-state index is 13.6. The van der Waals surface area contributed by atoms with E-state index < -0.39 is 0 Å². The molecule has 0 radical (unpaired) electrons. The lowest BCUT2D eigenvalue weighted by atomic mass is 10.0. The zero-order valence-corrected chi connectivity index (χ0v) is 17.9. The normalized spacial score (nSPS) is 16.8. The fourth-order valence-corrected chi connectivity index (χ4v) is 4.30. The van der Waals surface area contributed by atoms with Crippen LogP contribution in [-0.2, 0) is 9.59 Å². The lowest BCUT2D eigenvalue weighted by Gasteiger charge is -2.36. The zero-order chi connectivity index (χ0) is 22.1. The van der Waals surface area contributed by atoms with Gasteiger partial charge in [0.05, 0.1) is 11.3 Å². The Morgan fingerprint density at radius 2 is 1.44 bits per heavy atom. The molecule has 160 valence electrons. The number of hydrogen-bond acceptors (Lipinski definition) is 6. The molecule has 2 aromatic carbocycles. The molecule has 3 aromatic rings. The number of carbonyl (C=O) groups is 2. The molecule has 2 aliphatic rings. The summed E-state index contributed by atoms with van der Waals surface area (Å²) in [5.41, 5.74) is 2.03. The quantitative estimate of drug-likeness (QED) is 0.574. The molecule has 0 N–H and O–H groups in total. The van der Waals surface area contributed by atoms with Gasteiger partial charge in [0.1, 0.15) is 5.70 Å². The lowest BCUT2D eigenvalue weighted by Crippen LogP contribution is -2.48. The fourth-order valence-electron chi connectivity index (χ4n) is 4.11. The van der Waals surface area contributed by atoms with Crippen molar-refractivity contribution in [2.75, 3.05) is 36.0 Å². The highest BCUT2D eigenvalue weighted by Crippen LogP contribution is 2.35. The molecule has 0 atom stereocenters. The van der Waals surface area contributed by atoms with E-state index in [1.54, 1.807) is 42.7 Å². The summed E-state index contributed by atoms with van der Waals surface area (Å²) in [7, 11) is 0. The molecule has 3 heterocycles. The second-order valence-corrected chi connectivity index (χ2v) is 7.97. The van der Waals surface area contributed by atoms with Crippen molar-refractivity contribution in [3.63, 3.8) is 0 Å². The highest BCUT2D eigenvalue weighted by atomic mass is 35.5. The number of aromatic nitrogens is 2. The number of hydrogen-bond donors (Lipinski definition) is 0. The highest BCUT2D eigenvalue weighted by Gasteiger charge is 2.43. The molecular weight excluding hydrogens is 426 g/mol. The standard InChI is InChI=1S/C24H20ClN5O2/c25-18-8-4-9-19(16-18)30-22(31)20(17-6-2-1-3-7-17)21(23(30)32)28-12-14-29(15-13-28)24-26-10-5-11-27-24/h1-11,16H,12-15H2. The van der Waals surface area contributed by atoms with Crippen molar-refractivity contribution in [3.8, 4) is 0 Å². The first-order chi connectivity index (χ1) is 15.6. The molecule has 0 spiro atoms. The van der Waals surface area contributed by atoms with E-state index in [-0.39, 0.29) is 11.8 Å². The largest absolute Gasteiger partial charge is 0.363 e. The Morgan fingerprint density at radius 3 is 2.12 bits per heavy atom. The Labute approximate surface area is 190 Å². The second kappa shape index (κ2) is 8.43. The van der Waals surface area contributed by atoms with Crippen LogP contribution in [0.4, 0.5) is 11.6 Å². The summed E-state index contributed by atoms with van der Waals surface area (Å²) in [6.07, 6.45) is 3.43. The molecular formula is C24H20ClN5O2. The van der Waals surface area contributed by atoms with Crippen molar-refractivity contribution in [3.05, 3.63) is 89.3 Å². The van der Waals surface area contributed by atoms with E-state index >= 15 is 0 Å². The number of halogens is 1. The van der Waals surface area contributed by atoms with Gasteiger partial charge in [0.15, 0.2) is 0 Å². The van der Waals surface area contributed by atoms with Gasteiger partial charge in [-0.3, -0.25) is 9.59 Å². The summed E-state index contributed by atoms with van der Waals surface area (Å²) in [6, 6.07) is 17.9. The average Bonchev–Trinajstić information content (AvgIpc) is 3.10. The SMILES string of the molecule is O=C1C(c2ccccc2)=C(N2CCN(c3ncccn3)CC2)C(=O)N1c1cccc(Cl)c1. The van der Waals surface area contributed by atoms with Crippen molar-refractivity contribution in [2.24, 2.45) is 0 Å². The average molecular weight is 446 g/mol. The lowest BCUT2D eigenvalue weighted by molar-refractivity contribution is -0.120. The molecule has 0 aliphatic carbocycles. The van der Waals surface area contributed by atoms with Crippen LogP contribution in [0.25, 0.3) is 5.57 Å². The molecule has 2 amide bonds. The third-order valence-corrected chi connectivity index (χ3v) is 5.85. The van der Waals surface area contributed by atoms with Crippen LogP contribution in [-0.4, -0.2) is 52.9 Å². The Bertz CT molecular complexity index is 1190. The van der Waals surface area contributed by atoms with Crippen LogP contribution < -0.4 is 9.80 Å². The van der Waals surface area contributed by atoms with Crippen molar-refractivity contribution in [2.45, 2.75) is 0 Å². The van der Waals surface area contributed by atoms with E-state index in [0.29, 0.717) is 54.1 Å². The van der Waals surface area contributed by atoms with Crippen LogP contribution in [0.15, 0.2) is 78.8 Å². The zero-order valence-electron chi connectivity index (χ0n) is 17.2. The number of amides is 2. The number of imide groups is 1. The third-order valence-electron chi connectivity index (χ3n) is 5.62. The van der Waals surface area contributed by atoms with Crippen LogP contribution in [0.1, 0.15) is 5.56 Å². The van der Waals surface area contributed by atoms with Crippen LogP contribution in [0, 0.1) is 0 Å². The molecule has 0 unspecified atom stereocenters. The van der Waals surface area contributed by atoms with Gasteiger partial charge in [0.2, 0.25) is 5.95 Å². The molecule has 8 heteroatoms. The molecule has 0 saturated carbocycles. The van der Waals surface area contributed by atoms with Crippen LogP contribution >= 0.6 is 11.6 Å². The van der Waals surface area contributed by atoms with Gasteiger partial charge in [-0.15, -0.1) is 0 Å². The number of anilines is 2. The Balaban J connectivity index is 1.50. The minimum absolute atomic E-state index is 0.333. The van der Waals surface area contributed by atoms with Gasteiger partial charge >= 0.3 is 0 Å². The highest BCUT2D eigenvalue weighted by molar-refractivity contribution is 6.45. The molecule has 7 nitrogen and oxygen atoms in total. The first kappa shape index (κ1) is 20.2. The van der Waals surface area contributed by atoms with E-state index in [9.17, 15) is 9.59 Å². The van der Waals surface area contributed by atoms with E-state index in [1.165, 1.54) is 4.90 Å². The van der Waals surface area contributed by atoms with E-state index in [0.717, 1.165) is 5.56 Å². The van der Waals surface area contributed by atoms with Crippen LogP contribution in [0.5, 0.6) is 0 Å². The van der Waals surface area contributed by atoms with Crippen molar-refractivity contribution >= 4 is 40.6 Å². The predicted molar refractivity (Wildman–Crippen MR) is 123 cm³/mol. The van der Waals surface area contributed by atoms with Gasteiger partial charge in [-0.05, 0) is 29.8 Å². The summed E-state index contributed by atoms with van der Waals surface area (Å²) in [5, 5.41) is 0.467. The number of piperazine rings is 1. The van der Waals surface area contributed by atoms with Gasteiger partial charge in [-0.25, -0.2) is 14.9 Å². The summed E-state index contributed by atoms with van der Waals surface area (Å²) in [4.78, 5) is 41.0. The second-order valence-electron chi connectivity index (χ2n) is 7.54. The number of carbonyl (C=O) groups excluding carboxylic acids is 2. The number of benzene rings is 2. The minimum atomic E-state index is -0.340. The monoisotopic (exact) mass is 445 g/mol. The van der Waals surface area contributed by atoms with Crippen molar-refractivity contribution in [1.82, 2.24) is 14.9 Å². The van der Waals surface area contributed by atoms with E-state index in [4.69, 9.17) is 11.6 Å². The van der Waals surface area contributed by atoms with Gasteiger partial charge in [0, 0.05) is 43.6 Å². The topological polar surface area (TPSA) is 69.6 Å². The molecule has 0 bridgehead atoms. The summed E-state index contributed by atoms with van der Waals surface area (Å²) in [6.45, 7) is 2.45. The molecule has 1 aromatic heterocycles. The number of rotatable bonds is 4. The first-order valence-corrected chi connectivity index (χ1v) is 10.7. The first-order valence-electron chi connectivity index (χ1n) is 10.3. The fraction of sp³-hybridized carbons (Fsp3) is 0.167. The molecule has 1 fully saturated rings. The van der Waals surface area contributed by atoms with Crippen LogP contribution in [0.3, 0.4) is 0 Å². The molecule has 1 saturated heterocycles. The van der Waals surface area contributed by atoms with E-state index in [2.05, 4.69) is 14.9 Å². The third kappa shape index (κ3) is 3.61. The van der Waals surface area contributed by atoms with Crippen molar-refractivity contribution < 1.29 is 9.59 Å². The Hall–Kier alpha value is -3.71. The minimum Gasteiger partial charge on any atom is -0.363 e. The predicted octanol–water partition coefficient (Wildman–Crippen LogP) is 3.24. The van der Waals surface area contributed by atoms with Gasteiger partial charge in [0.25, 0.3) is 11.8 Å². The van der Waals surface area contributed by atoms with Crippen LogP contribution in [0.2, 0.25) is 5.02 Å². The maximum Gasteiger partial charge on any atom is 0.282 e. The van der Waals surface area contributed by atoms with Crippen molar-refractivity contribution in [1.29, 1.82) is 0 Å². The molecule has 2 aliphatic heterocycles. The number of nitrogens with zero attached hydrogens (tertiary/aromatic N) is 5.